The first-order chi connectivity index (χ1) is 10.2. The molecular weight excluding hydrogens is 278 g/mol. The van der Waals surface area contributed by atoms with Crippen LogP contribution in [0.25, 0.3) is 0 Å². The Bertz CT molecular complexity index is 701. The molecule has 0 fully saturated rings. The number of hydrogen-bond acceptors (Lipinski definition) is 4. The predicted octanol–water partition coefficient (Wildman–Crippen LogP) is 2.56. The van der Waals surface area contributed by atoms with Crippen molar-refractivity contribution in [1.82, 2.24) is 4.90 Å². The first-order valence-corrected chi connectivity index (χ1v) is 7.53. The van der Waals surface area contributed by atoms with E-state index >= 15 is 0 Å². The third kappa shape index (κ3) is 4.73. The van der Waals surface area contributed by atoms with E-state index in [4.69, 9.17) is 11.0 Å². The van der Waals surface area contributed by atoms with Gasteiger partial charge in [-0.1, -0.05) is 24.0 Å². The fourth-order valence-electron chi connectivity index (χ4n) is 2.06. The van der Waals surface area contributed by atoms with Gasteiger partial charge in [-0.25, -0.2) is 0 Å². The van der Waals surface area contributed by atoms with Gasteiger partial charge in [-0.05, 0) is 30.8 Å². The van der Waals surface area contributed by atoms with Crippen molar-refractivity contribution in [3.8, 4) is 17.9 Å². The summed E-state index contributed by atoms with van der Waals surface area (Å²) in [6.07, 6.45) is 0. The van der Waals surface area contributed by atoms with Crippen molar-refractivity contribution < 1.29 is 0 Å². The van der Waals surface area contributed by atoms with Gasteiger partial charge >= 0.3 is 0 Å². The van der Waals surface area contributed by atoms with Crippen LogP contribution in [0.4, 0.5) is 0 Å². The van der Waals surface area contributed by atoms with Gasteiger partial charge in [0.25, 0.3) is 0 Å². The van der Waals surface area contributed by atoms with Gasteiger partial charge < -0.3 is 5.73 Å². The highest BCUT2D eigenvalue weighted by molar-refractivity contribution is 7.10. The van der Waals surface area contributed by atoms with E-state index < -0.39 is 0 Å². The van der Waals surface area contributed by atoms with E-state index in [1.54, 1.807) is 11.3 Å². The van der Waals surface area contributed by atoms with Crippen LogP contribution >= 0.6 is 11.3 Å². The normalized spacial score (nSPS) is 10.0. The minimum absolute atomic E-state index is 0.389. The maximum atomic E-state index is 8.92. The summed E-state index contributed by atoms with van der Waals surface area (Å²) in [5, 5.41) is 11.0. The van der Waals surface area contributed by atoms with Crippen LogP contribution in [0, 0.1) is 23.2 Å². The molecule has 2 rings (SSSR count). The van der Waals surface area contributed by atoms with Crippen LogP contribution in [-0.2, 0) is 13.1 Å². The van der Waals surface area contributed by atoms with E-state index in [2.05, 4.69) is 41.3 Å². The minimum atomic E-state index is 0.389. The molecule has 2 aromatic rings. The lowest BCUT2D eigenvalue weighted by molar-refractivity contribution is 0.322. The summed E-state index contributed by atoms with van der Waals surface area (Å²) in [5.74, 6) is 5.91. The Morgan fingerprint density at radius 2 is 2.10 bits per heavy atom. The van der Waals surface area contributed by atoms with E-state index in [1.165, 1.54) is 4.88 Å². The van der Waals surface area contributed by atoms with Crippen molar-refractivity contribution in [3.63, 3.8) is 0 Å². The lowest BCUT2D eigenvalue weighted by atomic mass is 10.1. The van der Waals surface area contributed by atoms with Crippen LogP contribution in [0.15, 0.2) is 35.7 Å². The van der Waals surface area contributed by atoms with Crippen LogP contribution in [0.3, 0.4) is 0 Å². The molecular formula is C17H17N3S. The molecule has 0 atom stereocenters. The molecule has 1 heterocycles. The first kappa shape index (κ1) is 15.3. The van der Waals surface area contributed by atoms with Gasteiger partial charge in [0, 0.05) is 28.9 Å². The Balaban J connectivity index is 1.96. The molecule has 1 aromatic carbocycles. The smallest absolute Gasteiger partial charge is 0.0991 e. The van der Waals surface area contributed by atoms with Crippen LogP contribution < -0.4 is 5.73 Å². The molecule has 21 heavy (non-hydrogen) atoms. The SMILES string of the molecule is CN(Cc1cccc(C#N)c1)Cc1cc(C#CCN)cs1. The molecule has 2 N–H and O–H groups in total. The summed E-state index contributed by atoms with van der Waals surface area (Å²) in [6.45, 7) is 2.07. The van der Waals surface area contributed by atoms with Gasteiger partial charge in [0.1, 0.15) is 0 Å². The Morgan fingerprint density at radius 1 is 1.24 bits per heavy atom. The second kappa shape index (κ2) is 7.61. The van der Waals surface area contributed by atoms with E-state index in [0.717, 1.165) is 24.2 Å². The largest absolute Gasteiger partial charge is 0.320 e. The molecule has 1 aromatic heterocycles. The molecule has 0 spiro atoms. The van der Waals surface area contributed by atoms with Gasteiger partial charge in [0.2, 0.25) is 0 Å². The standard InChI is InChI=1S/C17H17N3S/c1-20(11-15-5-2-4-14(8-15)10-19)12-17-9-16(13-21-17)6-3-7-18/h2,4-5,8-9,13H,7,11-12,18H2,1H3. The van der Waals surface area contributed by atoms with E-state index in [0.29, 0.717) is 12.1 Å². The summed E-state index contributed by atoms with van der Waals surface area (Å²) in [4.78, 5) is 3.50. The fraction of sp³-hybridized carbons (Fsp3) is 0.235. The maximum absolute atomic E-state index is 8.92. The topological polar surface area (TPSA) is 53.0 Å². The summed E-state index contributed by atoms with van der Waals surface area (Å²) < 4.78 is 0. The quantitative estimate of drug-likeness (QED) is 0.882. The molecule has 0 aliphatic carbocycles. The van der Waals surface area contributed by atoms with Crippen molar-refractivity contribution >= 4 is 11.3 Å². The number of benzene rings is 1. The molecule has 0 aliphatic rings. The van der Waals surface area contributed by atoms with Gasteiger partial charge in [-0.15, -0.1) is 11.3 Å². The molecule has 4 heteroatoms. The molecule has 3 nitrogen and oxygen atoms in total. The summed E-state index contributed by atoms with van der Waals surface area (Å²) in [7, 11) is 2.07. The third-order valence-electron chi connectivity index (χ3n) is 2.92. The monoisotopic (exact) mass is 295 g/mol. The van der Waals surface area contributed by atoms with Crippen LogP contribution in [0.1, 0.15) is 21.6 Å². The van der Waals surface area contributed by atoms with Crippen LogP contribution in [0.2, 0.25) is 0 Å². The van der Waals surface area contributed by atoms with Crippen molar-refractivity contribution in [2.75, 3.05) is 13.6 Å². The highest BCUT2D eigenvalue weighted by Crippen LogP contribution is 2.17. The van der Waals surface area contributed by atoms with Gasteiger partial charge in [-0.3, -0.25) is 4.90 Å². The van der Waals surface area contributed by atoms with Crippen LogP contribution in [0.5, 0.6) is 0 Å². The number of rotatable bonds is 4. The Labute approximate surface area is 129 Å². The first-order valence-electron chi connectivity index (χ1n) is 6.65. The molecule has 0 unspecified atom stereocenters. The van der Waals surface area contributed by atoms with Crippen molar-refractivity contribution in [2.45, 2.75) is 13.1 Å². The lowest BCUT2D eigenvalue weighted by Gasteiger charge is -2.15. The van der Waals surface area contributed by atoms with Crippen LogP contribution in [-0.4, -0.2) is 18.5 Å². The second-order valence-electron chi connectivity index (χ2n) is 4.79. The molecule has 0 amide bonds. The number of nitrogens with two attached hydrogens (primary N) is 1. The van der Waals surface area contributed by atoms with Crippen molar-refractivity contribution in [3.05, 3.63) is 57.3 Å². The molecule has 0 radical (unpaired) electrons. The Morgan fingerprint density at radius 3 is 2.86 bits per heavy atom. The predicted molar refractivity (Wildman–Crippen MR) is 86.6 cm³/mol. The summed E-state index contributed by atoms with van der Waals surface area (Å²) >= 11 is 1.71. The third-order valence-corrected chi connectivity index (χ3v) is 3.84. The highest BCUT2D eigenvalue weighted by Gasteiger charge is 2.05. The molecule has 0 saturated carbocycles. The Kier molecular flexibility index (Phi) is 5.54. The van der Waals surface area contributed by atoms with Crippen molar-refractivity contribution in [2.24, 2.45) is 5.73 Å². The molecule has 0 saturated heterocycles. The molecule has 106 valence electrons. The number of hydrogen-bond donors (Lipinski definition) is 1. The number of thiophene rings is 1. The molecule has 0 aliphatic heterocycles. The van der Waals surface area contributed by atoms with Crippen molar-refractivity contribution in [1.29, 1.82) is 5.26 Å². The Hall–Kier alpha value is -2.11. The second-order valence-corrected chi connectivity index (χ2v) is 5.79. The van der Waals surface area contributed by atoms with Gasteiger partial charge in [0.05, 0.1) is 18.2 Å². The highest BCUT2D eigenvalue weighted by atomic mass is 32.1. The van der Waals surface area contributed by atoms with E-state index in [-0.39, 0.29) is 0 Å². The zero-order chi connectivity index (χ0) is 15.1. The maximum Gasteiger partial charge on any atom is 0.0991 e. The zero-order valence-electron chi connectivity index (χ0n) is 12.0. The van der Waals surface area contributed by atoms with E-state index in [1.807, 2.05) is 24.3 Å². The van der Waals surface area contributed by atoms with E-state index in [9.17, 15) is 0 Å². The summed E-state index contributed by atoms with van der Waals surface area (Å²) in [5.41, 5.74) is 8.25. The summed E-state index contributed by atoms with van der Waals surface area (Å²) in [6, 6.07) is 12.0. The average molecular weight is 295 g/mol. The fourth-order valence-corrected chi connectivity index (χ4v) is 2.95. The zero-order valence-corrected chi connectivity index (χ0v) is 12.8. The van der Waals surface area contributed by atoms with Gasteiger partial charge in [-0.2, -0.15) is 5.26 Å². The number of nitrogens with zero attached hydrogens (tertiary/aromatic N) is 2. The molecule has 0 bridgehead atoms. The lowest BCUT2D eigenvalue weighted by Crippen LogP contribution is -2.16. The van der Waals surface area contributed by atoms with Gasteiger partial charge in [0.15, 0.2) is 0 Å². The minimum Gasteiger partial charge on any atom is -0.320 e. The average Bonchev–Trinajstić information content (AvgIpc) is 2.92. The number of nitriles is 1.